The number of aliphatic carboxylic acids is 1. The molecule has 18 heavy (non-hydrogen) atoms. The fraction of sp³-hybridized carbons (Fsp3) is 0.833. The quantitative estimate of drug-likeness (QED) is 0.762. The van der Waals surface area contributed by atoms with Crippen LogP contribution in [0.2, 0.25) is 0 Å². The van der Waals surface area contributed by atoms with Gasteiger partial charge in [-0.3, -0.25) is 0 Å². The summed E-state index contributed by atoms with van der Waals surface area (Å²) in [6.45, 7) is 1.37. The maximum atomic E-state index is 12.1. The first-order chi connectivity index (χ1) is 8.44. The van der Waals surface area contributed by atoms with Gasteiger partial charge in [0, 0.05) is 19.1 Å². The van der Waals surface area contributed by atoms with Crippen molar-refractivity contribution in [2.24, 2.45) is 0 Å². The van der Waals surface area contributed by atoms with Crippen molar-refractivity contribution in [1.29, 1.82) is 0 Å². The van der Waals surface area contributed by atoms with Gasteiger partial charge in [0.1, 0.15) is 5.54 Å². The number of urea groups is 1. The molecule has 1 saturated heterocycles. The Morgan fingerprint density at radius 1 is 1.39 bits per heavy atom. The van der Waals surface area contributed by atoms with Crippen molar-refractivity contribution in [2.45, 2.75) is 37.3 Å². The molecule has 2 rings (SSSR count). The standard InChI is InChI=1S/C12H21N3O3/c1-14(2)9-4-7-15(8-9)11(18)13-12(10(16)17)5-3-6-12/h9H,3-8H2,1-2H3,(H,13,18)(H,16,17). The Kier molecular flexibility index (Phi) is 3.47. The van der Waals surface area contributed by atoms with Gasteiger partial charge in [-0.15, -0.1) is 0 Å². The van der Waals surface area contributed by atoms with Crippen molar-refractivity contribution < 1.29 is 14.7 Å². The van der Waals surface area contributed by atoms with Crippen LogP contribution in [0.3, 0.4) is 0 Å². The van der Waals surface area contributed by atoms with E-state index in [1.165, 1.54) is 0 Å². The number of carbonyl (C=O) groups is 2. The van der Waals surface area contributed by atoms with Crippen LogP contribution in [0.4, 0.5) is 4.79 Å². The Labute approximate surface area is 107 Å². The molecule has 6 nitrogen and oxygen atoms in total. The molecule has 1 atom stereocenters. The highest BCUT2D eigenvalue weighted by molar-refractivity contribution is 5.87. The van der Waals surface area contributed by atoms with E-state index in [0.717, 1.165) is 12.8 Å². The van der Waals surface area contributed by atoms with Gasteiger partial charge in [0.25, 0.3) is 0 Å². The van der Waals surface area contributed by atoms with Crippen molar-refractivity contribution in [1.82, 2.24) is 15.1 Å². The normalized spacial score (nSPS) is 25.9. The third kappa shape index (κ3) is 2.29. The molecule has 1 aliphatic heterocycles. The average molecular weight is 255 g/mol. The molecule has 0 spiro atoms. The van der Waals surface area contributed by atoms with E-state index in [-0.39, 0.29) is 6.03 Å². The fourth-order valence-corrected chi connectivity index (χ4v) is 2.55. The van der Waals surface area contributed by atoms with Gasteiger partial charge in [-0.1, -0.05) is 0 Å². The van der Waals surface area contributed by atoms with Crippen molar-refractivity contribution in [2.75, 3.05) is 27.2 Å². The summed E-state index contributed by atoms with van der Waals surface area (Å²) in [7, 11) is 3.99. The molecule has 0 radical (unpaired) electrons. The molecule has 2 N–H and O–H groups in total. The van der Waals surface area contributed by atoms with Crippen molar-refractivity contribution >= 4 is 12.0 Å². The van der Waals surface area contributed by atoms with Gasteiger partial charge in [0.15, 0.2) is 0 Å². The zero-order chi connectivity index (χ0) is 13.3. The average Bonchev–Trinajstić information content (AvgIpc) is 2.71. The highest BCUT2D eigenvalue weighted by Crippen LogP contribution is 2.32. The predicted molar refractivity (Wildman–Crippen MR) is 66.4 cm³/mol. The summed E-state index contributed by atoms with van der Waals surface area (Å²) in [6.07, 6.45) is 2.89. The number of carboxylic acid groups (broad SMARTS) is 1. The second-order valence-electron chi connectivity index (χ2n) is 5.52. The highest BCUT2D eigenvalue weighted by Gasteiger charge is 2.46. The summed E-state index contributed by atoms with van der Waals surface area (Å²) in [6, 6.07) is 0.138. The van der Waals surface area contributed by atoms with Crippen LogP contribution < -0.4 is 5.32 Å². The molecule has 0 bridgehead atoms. The van der Waals surface area contributed by atoms with Gasteiger partial charge in [-0.05, 0) is 39.8 Å². The zero-order valence-corrected chi connectivity index (χ0v) is 11.0. The molecule has 0 aromatic carbocycles. The van der Waals surface area contributed by atoms with Crippen LogP contribution in [0.25, 0.3) is 0 Å². The fourth-order valence-electron chi connectivity index (χ4n) is 2.55. The first-order valence-corrected chi connectivity index (χ1v) is 6.41. The summed E-state index contributed by atoms with van der Waals surface area (Å²) in [5, 5.41) is 11.9. The number of carbonyl (C=O) groups excluding carboxylic acids is 1. The van der Waals surface area contributed by atoms with Crippen molar-refractivity contribution in [3.8, 4) is 0 Å². The molecule has 1 heterocycles. The van der Waals surface area contributed by atoms with Crippen LogP contribution in [0.5, 0.6) is 0 Å². The highest BCUT2D eigenvalue weighted by atomic mass is 16.4. The van der Waals surface area contributed by atoms with E-state index >= 15 is 0 Å². The number of rotatable bonds is 3. The monoisotopic (exact) mass is 255 g/mol. The molecule has 102 valence electrons. The number of hydrogen-bond donors (Lipinski definition) is 2. The first-order valence-electron chi connectivity index (χ1n) is 6.41. The number of likely N-dealkylation sites (tertiary alicyclic amines) is 1. The van der Waals surface area contributed by atoms with E-state index in [2.05, 4.69) is 10.2 Å². The third-order valence-corrected chi connectivity index (χ3v) is 4.14. The SMILES string of the molecule is CN(C)C1CCN(C(=O)NC2(C(=O)O)CCC2)C1. The van der Waals surface area contributed by atoms with Crippen LogP contribution in [-0.4, -0.2) is 65.7 Å². The summed E-state index contributed by atoms with van der Waals surface area (Å²) in [5.41, 5.74) is -1.01. The van der Waals surface area contributed by atoms with E-state index in [4.69, 9.17) is 0 Å². The Morgan fingerprint density at radius 3 is 2.44 bits per heavy atom. The first kappa shape index (κ1) is 13.1. The number of carboxylic acids is 1. The smallest absolute Gasteiger partial charge is 0.329 e. The van der Waals surface area contributed by atoms with E-state index < -0.39 is 11.5 Å². The molecule has 2 fully saturated rings. The van der Waals surface area contributed by atoms with Gasteiger partial charge in [0.05, 0.1) is 0 Å². The number of likely N-dealkylation sites (N-methyl/N-ethyl adjacent to an activating group) is 1. The molecule has 2 aliphatic rings. The molecule has 1 aliphatic carbocycles. The second kappa shape index (κ2) is 4.76. The zero-order valence-electron chi connectivity index (χ0n) is 11.0. The lowest BCUT2D eigenvalue weighted by molar-refractivity contribution is -0.148. The van der Waals surface area contributed by atoms with Gasteiger partial charge < -0.3 is 20.2 Å². The minimum absolute atomic E-state index is 0.235. The maximum Gasteiger partial charge on any atom is 0.329 e. The molecule has 0 aromatic heterocycles. The Hall–Kier alpha value is -1.30. The van der Waals surface area contributed by atoms with Gasteiger partial charge in [0.2, 0.25) is 0 Å². The van der Waals surface area contributed by atoms with Crippen LogP contribution in [0.1, 0.15) is 25.7 Å². The van der Waals surface area contributed by atoms with E-state index in [0.29, 0.717) is 32.0 Å². The van der Waals surface area contributed by atoms with E-state index in [1.807, 2.05) is 14.1 Å². The van der Waals surface area contributed by atoms with Crippen LogP contribution in [0.15, 0.2) is 0 Å². The summed E-state index contributed by atoms with van der Waals surface area (Å²) in [4.78, 5) is 27.1. The minimum Gasteiger partial charge on any atom is -0.480 e. The third-order valence-electron chi connectivity index (χ3n) is 4.14. The molecular formula is C12H21N3O3. The van der Waals surface area contributed by atoms with E-state index in [1.54, 1.807) is 4.90 Å². The Balaban J connectivity index is 1.91. The lowest BCUT2D eigenvalue weighted by Gasteiger charge is -2.39. The summed E-state index contributed by atoms with van der Waals surface area (Å²) >= 11 is 0. The van der Waals surface area contributed by atoms with Gasteiger partial charge in [-0.25, -0.2) is 9.59 Å². The summed E-state index contributed by atoms with van der Waals surface area (Å²) < 4.78 is 0. The lowest BCUT2D eigenvalue weighted by atomic mass is 9.77. The van der Waals surface area contributed by atoms with Crippen LogP contribution in [0, 0.1) is 0 Å². The second-order valence-corrected chi connectivity index (χ2v) is 5.52. The van der Waals surface area contributed by atoms with Crippen LogP contribution in [-0.2, 0) is 4.79 Å². The molecule has 1 saturated carbocycles. The number of amides is 2. The maximum absolute atomic E-state index is 12.1. The Bertz CT molecular complexity index is 352. The van der Waals surface area contributed by atoms with Gasteiger partial charge >= 0.3 is 12.0 Å². The Morgan fingerprint density at radius 2 is 2.06 bits per heavy atom. The topological polar surface area (TPSA) is 72.9 Å². The number of nitrogens with one attached hydrogen (secondary N) is 1. The van der Waals surface area contributed by atoms with Crippen molar-refractivity contribution in [3.63, 3.8) is 0 Å². The largest absolute Gasteiger partial charge is 0.480 e. The number of nitrogens with zero attached hydrogens (tertiary/aromatic N) is 2. The minimum atomic E-state index is -1.01. The van der Waals surface area contributed by atoms with E-state index in [9.17, 15) is 14.7 Å². The molecule has 6 heteroatoms. The lowest BCUT2D eigenvalue weighted by Crippen LogP contribution is -2.61. The molecule has 1 unspecified atom stereocenters. The predicted octanol–water partition coefficient (Wildman–Crippen LogP) is 0.339. The molecule has 0 aromatic rings. The van der Waals surface area contributed by atoms with Crippen molar-refractivity contribution in [3.05, 3.63) is 0 Å². The van der Waals surface area contributed by atoms with Gasteiger partial charge in [-0.2, -0.15) is 0 Å². The molecular weight excluding hydrogens is 234 g/mol. The molecule has 2 amide bonds. The summed E-state index contributed by atoms with van der Waals surface area (Å²) in [5.74, 6) is -0.912. The number of hydrogen-bond acceptors (Lipinski definition) is 3. The van der Waals surface area contributed by atoms with Crippen LogP contribution >= 0.6 is 0 Å².